The van der Waals surface area contributed by atoms with Gasteiger partial charge in [0.05, 0.1) is 31.0 Å². The lowest BCUT2D eigenvalue weighted by Crippen LogP contribution is -2.12. The largest absolute Gasteiger partial charge is 0.497 e. The number of nitrogens with one attached hydrogen (secondary N) is 1. The van der Waals surface area contributed by atoms with Gasteiger partial charge in [-0.2, -0.15) is 0 Å². The molecular formula is C19H20ClNO4S. The van der Waals surface area contributed by atoms with E-state index in [9.17, 15) is 4.79 Å². The average Bonchev–Trinajstić information content (AvgIpc) is 2.87. The standard InChI is InChI=1S/C19H20ClNO4S/c1-23-13-3-5-14(6-4-13)26-10-7-19(22)21-16-12-18-17(11-15(16)20)24-8-2-9-25-18/h3-6,11-12H,2,7-10H2,1H3,(H,21,22). The summed E-state index contributed by atoms with van der Waals surface area (Å²) in [6.07, 6.45) is 1.19. The second-order valence-corrected chi connectivity index (χ2v) is 7.23. The molecule has 3 rings (SSSR count). The fraction of sp³-hybridized carbons (Fsp3) is 0.316. The Morgan fingerprint density at radius 1 is 1.19 bits per heavy atom. The highest BCUT2D eigenvalue weighted by molar-refractivity contribution is 7.99. The lowest BCUT2D eigenvalue weighted by Gasteiger charge is -2.12. The third-order valence-electron chi connectivity index (χ3n) is 3.77. The molecule has 0 radical (unpaired) electrons. The third-order valence-corrected chi connectivity index (χ3v) is 5.10. The van der Waals surface area contributed by atoms with Crippen LogP contribution in [0.15, 0.2) is 41.3 Å². The van der Waals surface area contributed by atoms with Gasteiger partial charge in [-0.3, -0.25) is 4.79 Å². The number of carbonyl (C=O) groups excluding carboxylic acids is 1. The Morgan fingerprint density at radius 2 is 1.88 bits per heavy atom. The average molecular weight is 394 g/mol. The van der Waals surface area contributed by atoms with Gasteiger partial charge in [-0.1, -0.05) is 11.6 Å². The molecule has 138 valence electrons. The summed E-state index contributed by atoms with van der Waals surface area (Å²) in [6, 6.07) is 11.2. The number of ether oxygens (including phenoxy) is 3. The number of hydrogen-bond acceptors (Lipinski definition) is 5. The molecule has 2 aromatic rings. The highest BCUT2D eigenvalue weighted by Crippen LogP contribution is 2.37. The van der Waals surface area contributed by atoms with Gasteiger partial charge in [0.1, 0.15) is 5.75 Å². The molecule has 1 aliphatic heterocycles. The molecule has 26 heavy (non-hydrogen) atoms. The van der Waals surface area contributed by atoms with Gasteiger partial charge in [-0.05, 0) is 24.3 Å². The van der Waals surface area contributed by atoms with Gasteiger partial charge in [0.15, 0.2) is 11.5 Å². The molecule has 1 heterocycles. The molecule has 0 unspecified atom stereocenters. The zero-order valence-electron chi connectivity index (χ0n) is 14.4. The molecule has 0 aromatic heterocycles. The van der Waals surface area contributed by atoms with E-state index in [2.05, 4.69) is 5.32 Å². The summed E-state index contributed by atoms with van der Waals surface area (Å²) in [7, 11) is 1.64. The summed E-state index contributed by atoms with van der Waals surface area (Å²) >= 11 is 7.86. The molecule has 0 bridgehead atoms. The lowest BCUT2D eigenvalue weighted by molar-refractivity contribution is -0.115. The van der Waals surface area contributed by atoms with Crippen molar-refractivity contribution in [1.82, 2.24) is 0 Å². The van der Waals surface area contributed by atoms with Crippen molar-refractivity contribution in [3.05, 3.63) is 41.4 Å². The van der Waals surface area contributed by atoms with Crippen LogP contribution in [-0.4, -0.2) is 32.0 Å². The zero-order chi connectivity index (χ0) is 18.4. The van der Waals surface area contributed by atoms with E-state index >= 15 is 0 Å². The Bertz CT molecular complexity index is 767. The highest BCUT2D eigenvalue weighted by Gasteiger charge is 2.15. The van der Waals surface area contributed by atoms with E-state index in [1.807, 2.05) is 24.3 Å². The Kier molecular flexibility index (Phi) is 6.52. The molecule has 1 amide bonds. The predicted molar refractivity (Wildman–Crippen MR) is 104 cm³/mol. The van der Waals surface area contributed by atoms with Gasteiger partial charge in [-0.25, -0.2) is 0 Å². The number of thioether (sulfide) groups is 1. The number of benzene rings is 2. The molecule has 2 aromatic carbocycles. The first-order valence-electron chi connectivity index (χ1n) is 8.31. The van der Waals surface area contributed by atoms with Crippen LogP contribution in [0, 0.1) is 0 Å². The van der Waals surface area contributed by atoms with Crippen molar-refractivity contribution in [2.75, 3.05) is 31.4 Å². The van der Waals surface area contributed by atoms with Crippen molar-refractivity contribution < 1.29 is 19.0 Å². The van der Waals surface area contributed by atoms with E-state index in [1.54, 1.807) is 31.0 Å². The van der Waals surface area contributed by atoms with Crippen LogP contribution in [0.1, 0.15) is 12.8 Å². The number of methoxy groups -OCH3 is 1. The van der Waals surface area contributed by atoms with E-state index in [0.717, 1.165) is 17.1 Å². The Balaban J connectivity index is 1.53. The molecular weight excluding hydrogens is 374 g/mol. The maximum Gasteiger partial charge on any atom is 0.225 e. The Hall–Kier alpha value is -2.05. The Morgan fingerprint density at radius 3 is 2.58 bits per heavy atom. The van der Waals surface area contributed by atoms with Gasteiger partial charge in [0, 0.05) is 35.6 Å². The van der Waals surface area contributed by atoms with E-state index in [4.69, 9.17) is 25.8 Å². The van der Waals surface area contributed by atoms with Crippen molar-refractivity contribution in [1.29, 1.82) is 0 Å². The van der Waals surface area contributed by atoms with Gasteiger partial charge in [0.2, 0.25) is 5.91 Å². The molecule has 1 aliphatic rings. The van der Waals surface area contributed by atoms with Crippen molar-refractivity contribution in [2.24, 2.45) is 0 Å². The summed E-state index contributed by atoms with van der Waals surface area (Å²) in [4.78, 5) is 13.3. The van der Waals surface area contributed by atoms with Gasteiger partial charge >= 0.3 is 0 Å². The number of anilines is 1. The topological polar surface area (TPSA) is 56.8 Å². The fourth-order valence-electron chi connectivity index (χ4n) is 2.43. The monoisotopic (exact) mass is 393 g/mol. The third kappa shape index (κ3) is 4.99. The molecule has 0 spiro atoms. The smallest absolute Gasteiger partial charge is 0.225 e. The fourth-order valence-corrected chi connectivity index (χ4v) is 3.48. The van der Waals surface area contributed by atoms with Crippen molar-refractivity contribution in [3.63, 3.8) is 0 Å². The lowest BCUT2D eigenvalue weighted by atomic mass is 10.2. The maximum atomic E-state index is 12.2. The number of hydrogen-bond donors (Lipinski definition) is 1. The van der Waals surface area contributed by atoms with Crippen LogP contribution in [0.25, 0.3) is 0 Å². The molecule has 0 fully saturated rings. The van der Waals surface area contributed by atoms with Gasteiger partial charge in [-0.15, -0.1) is 11.8 Å². The normalized spacial score (nSPS) is 13.0. The van der Waals surface area contributed by atoms with E-state index in [-0.39, 0.29) is 5.91 Å². The second kappa shape index (κ2) is 9.05. The molecule has 0 saturated heterocycles. The molecule has 0 saturated carbocycles. The summed E-state index contributed by atoms with van der Waals surface area (Å²) in [5.41, 5.74) is 0.537. The highest BCUT2D eigenvalue weighted by atomic mass is 35.5. The minimum Gasteiger partial charge on any atom is -0.497 e. The van der Waals surface area contributed by atoms with Crippen molar-refractivity contribution in [3.8, 4) is 17.2 Å². The minimum absolute atomic E-state index is 0.0950. The van der Waals surface area contributed by atoms with Crippen LogP contribution in [0.2, 0.25) is 5.02 Å². The van der Waals surface area contributed by atoms with Crippen LogP contribution >= 0.6 is 23.4 Å². The first kappa shape index (κ1) is 18.7. The number of rotatable bonds is 6. The van der Waals surface area contributed by atoms with Crippen LogP contribution in [-0.2, 0) is 4.79 Å². The number of carbonyl (C=O) groups is 1. The molecule has 0 atom stereocenters. The molecule has 7 heteroatoms. The summed E-state index contributed by atoms with van der Waals surface area (Å²) in [5, 5.41) is 3.28. The number of halogens is 1. The van der Waals surface area contributed by atoms with Crippen LogP contribution < -0.4 is 19.5 Å². The molecule has 0 aliphatic carbocycles. The van der Waals surface area contributed by atoms with E-state index < -0.39 is 0 Å². The predicted octanol–water partition coefficient (Wildman–Crippen LogP) is 4.63. The van der Waals surface area contributed by atoms with Gasteiger partial charge < -0.3 is 19.5 Å². The van der Waals surface area contributed by atoms with Crippen LogP contribution in [0.3, 0.4) is 0 Å². The zero-order valence-corrected chi connectivity index (χ0v) is 16.0. The SMILES string of the molecule is COc1ccc(SCCC(=O)Nc2cc3c(cc2Cl)OCCCO3)cc1. The number of amides is 1. The van der Waals surface area contributed by atoms with Crippen LogP contribution in [0.4, 0.5) is 5.69 Å². The second-order valence-electron chi connectivity index (χ2n) is 5.65. The molecule has 5 nitrogen and oxygen atoms in total. The summed E-state index contributed by atoms with van der Waals surface area (Å²) in [6.45, 7) is 1.18. The summed E-state index contributed by atoms with van der Waals surface area (Å²) in [5.74, 6) is 2.61. The van der Waals surface area contributed by atoms with E-state index in [0.29, 0.717) is 47.6 Å². The van der Waals surface area contributed by atoms with Crippen molar-refractivity contribution >= 4 is 35.0 Å². The van der Waals surface area contributed by atoms with Crippen molar-refractivity contribution in [2.45, 2.75) is 17.7 Å². The number of fused-ring (bicyclic) bond motifs is 1. The summed E-state index contributed by atoms with van der Waals surface area (Å²) < 4.78 is 16.4. The first-order chi connectivity index (χ1) is 12.7. The molecule has 1 N–H and O–H groups in total. The van der Waals surface area contributed by atoms with E-state index in [1.165, 1.54) is 0 Å². The van der Waals surface area contributed by atoms with Crippen LogP contribution in [0.5, 0.6) is 17.2 Å². The Labute approximate surface area is 162 Å². The maximum absolute atomic E-state index is 12.2. The van der Waals surface area contributed by atoms with Gasteiger partial charge in [0.25, 0.3) is 0 Å². The quantitative estimate of drug-likeness (QED) is 0.725. The first-order valence-corrected chi connectivity index (χ1v) is 9.68. The minimum atomic E-state index is -0.0950.